The highest BCUT2D eigenvalue weighted by atomic mass is 32.2. The Kier molecular flexibility index (Phi) is 6.03. The molecule has 0 fully saturated rings. The number of hydrogen-bond donors (Lipinski definition) is 1. The van der Waals surface area contributed by atoms with Gasteiger partial charge in [-0.1, -0.05) is 11.8 Å². The standard InChI is InChI=1S/C20H20N6O4S/c1-2-30-17-9-7-15(8-10-17)24-11-12-25-19(24)22-23-20(25)31-13-18(27)21-14-3-5-16(6-4-14)26(28)29/h3-10H,2,11-13H2,1H3,(H,21,27). The van der Waals surface area contributed by atoms with Crippen LogP contribution in [0.15, 0.2) is 53.7 Å². The number of nitrogens with zero attached hydrogens (tertiary/aromatic N) is 5. The molecule has 0 aliphatic carbocycles. The Balaban J connectivity index is 1.36. The molecule has 1 amide bonds. The predicted molar refractivity (Wildman–Crippen MR) is 117 cm³/mol. The minimum absolute atomic E-state index is 0.0246. The molecule has 160 valence electrons. The molecule has 0 spiro atoms. The summed E-state index contributed by atoms with van der Waals surface area (Å²) in [7, 11) is 0. The molecule has 1 aromatic heterocycles. The summed E-state index contributed by atoms with van der Waals surface area (Å²) in [5.41, 5.74) is 1.48. The number of carbonyl (C=O) groups excluding carboxylic acids is 1. The Morgan fingerprint density at radius 2 is 1.90 bits per heavy atom. The first-order valence-electron chi connectivity index (χ1n) is 9.66. The van der Waals surface area contributed by atoms with E-state index in [4.69, 9.17) is 4.74 Å². The lowest BCUT2D eigenvalue weighted by atomic mass is 10.3. The van der Waals surface area contributed by atoms with Gasteiger partial charge >= 0.3 is 0 Å². The minimum Gasteiger partial charge on any atom is -0.494 e. The van der Waals surface area contributed by atoms with Crippen molar-refractivity contribution < 1.29 is 14.5 Å². The van der Waals surface area contributed by atoms with Crippen LogP contribution in [-0.2, 0) is 11.3 Å². The van der Waals surface area contributed by atoms with Gasteiger partial charge < -0.3 is 15.0 Å². The van der Waals surface area contributed by atoms with Crippen LogP contribution in [0.2, 0.25) is 0 Å². The quantitative estimate of drug-likeness (QED) is 0.322. The third-order valence-corrected chi connectivity index (χ3v) is 5.61. The van der Waals surface area contributed by atoms with Gasteiger partial charge in [0.2, 0.25) is 11.9 Å². The summed E-state index contributed by atoms with van der Waals surface area (Å²) in [6.45, 7) is 4.06. The number of carbonyl (C=O) groups is 1. The topological polar surface area (TPSA) is 115 Å². The fourth-order valence-corrected chi connectivity index (χ4v) is 3.97. The van der Waals surface area contributed by atoms with Crippen LogP contribution in [0.1, 0.15) is 6.92 Å². The molecule has 11 heteroatoms. The van der Waals surface area contributed by atoms with Crippen molar-refractivity contribution in [1.29, 1.82) is 0 Å². The van der Waals surface area contributed by atoms with Gasteiger partial charge in [0.05, 0.1) is 17.3 Å². The fourth-order valence-electron chi connectivity index (χ4n) is 3.21. The van der Waals surface area contributed by atoms with E-state index in [1.165, 1.54) is 36.0 Å². The minimum atomic E-state index is -0.482. The lowest BCUT2D eigenvalue weighted by molar-refractivity contribution is -0.384. The normalized spacial score (nSPS) is 12.5. The molecule has 1 N–H and O–H groups in total. The first kappa shape index (κ1) is 20.7. The van der Waals surface area contributed by atoms with Crippen LogP contribution in [0, 0.1) is 10.1 Å². The molecule has 1 aliphatic rings. The van der Waals surface area contributed by atoms with Crippen molar-refractivity contribution in [2.45, 2.75) is 18.6 Å². The molecule has 0 radical (unpaired) electrons. The number of thioether (sulfide) groups is 1. The fraction of sp³-hybridized carbons (Fsp3) is 0.250. The first-order chi connectivity index (χ1) is 15.0. The van der Waals surface area contributed by atoms with Gasteiger partial charge in [-0.3, -0.25) is 19.5 Å². The smallest absolute Gasteiger partial charge is 0.269 e. The number of non-ortho nitro benzene ring substituents is 1. The van der Waals surface area contributed by atoms with Crippen molar-refractivity contribution in [1.82, 2.24) is 14.8 Å². The highest BCUT2D eigenvalue weighted by Crippen LogP contribution is 2.32. The van der Waals surface area contributed by atoms with Gasteiger partial charge in [-0.05, 0) is 43.3 Å². The third kappa shape index (κ3) is 4.61. The van der Waals surface area contributed by atoms with Crippen LogP contribution in [-0.4, -0.2) is 44.5 Å². The molecule has 0 saturated carbocycles. The second-order valence-electron chi connectivity index (χ2n) is 6.65. The highest BCUT2D eigenvalue weighted by Gasteiger charge is 2.26. The van der Waals surface area contributed by atoms with Crippen molar-refractivity contribution in [2.75, 3.05) is 29.1 Å². The van der Waals surface area contributed by atoms with E-state index in [2.05, 4.69) is 20.4 Å². The summed E-state index contributed by atoms with van der Waals surface area (Å²) in [6.07, 6.45) is 0. The van der Waals surface area contributed by atoms with E-state index in [0.717, 1.165) is 30.5 Å². The Bertz CT molecular complexity index is 1080. The van der Waals surface area contributed by atoms with Crippen molar-refractivity contribution in [3.05, 3.63) is 58.6 Å². The SMILES string of the molecule is CCOc1ccc(N2CCn3c(SCC(=O)Nc4ccc([N+](=O)[O-])cc4)nnc32)cc1. The summed E-state index contributed by atoms with van der Waals surface area (Å²) >= 11 is 1.30. The number of amides is 1. The Labute approximate surface area is 182 Å². The molecular formula is C20H20N6O4S. The number of benzene rings is 2. The zero-order valence-electron chi connectivity index (χ0n) is 16.7. The van der Waals surface area contributed by atoms with Gasteiger partial charge in [0.25, 0.3) is 5.69 Å². The van der Waals surface area contributed by atoms with Crippen molar-refractivity contribution in [2.24, 2.45) is 0 Å². The maximum Gasteiger partial charge on any atom is 0.269 e. The summed E-state index contributed by atoms with van der Waals surface area (Å²) < 4.78 is 7.47. The van der Waals surface area contributed by atoms with E-state index in [1.54, 1.807) is 0 Å². The first-order valence-corrected chi connectivity index (χ1v) is 10.6. The van der Waals surface area contributed by atoms with Crippen molar-refractivity contribution in [3.63, 3.8) is 0 Å². The van der Waals surface area contributed by atoms with Crippen molar-refractivity contribution in [3.8, 4) is 5.75 Å². The van der Waals surface area contributed by atoms with Crippen molar-refractivity contribution >= 4 is 40.7 Å². The van der Waals surface area contributed by atoms with Gasteiger partial charge in [0.15, 0.2) is 5.16 Å². The summed E-state index contributed by atoms with van der Waals surface area (Å²) in [5, 5.41) is 22.6. The van der Waals surface area contributed by atoms with Crippen LogP contribution in [0.5, 0.6) is 5.75 Å². The maximum absolute atomic E-state index is 12.3. The van der Waals surface area contributed by atoms with E-state index in [9.17, 15) is 14.9 Å². The molecule has 31 heavy (non-hydrogen) atoms. The summed E-state index contributed by atoms with van der Waals surface area (Å²) in [6, 6.07) is 13.5. The number of nitrogens with one attached hydrogen (secondary N) is 1. The van der Waals surface area contributed by atoms with Crippen LogP contribution < -0.4 is 15.0 Å². The lowest BCUT2D eigenvalue weighted by Gasteiger charge is -2.15. The second-order valence-corrected chi connectivity index (χ2v) is 7.60. The van der Waals surface area contributed by atoms with E-state index < -0.39 is 4.92 Å². The number of fused-ring (bicyclic) bond motifs is 1. The Morgan fingerprint density at radius 1 is 1.16 bits per heavy atom. The van der Waals surface area contributed by atoms with Crippen LogP contribution in [0.4, 0.5) is 23.0 Å². The summed E-state index contributed by atoms with van der Waals surface area (Å²) in [4.78, 5) is 24.6. The average molecular weight is 440 g/mol. The number of nitro benzene ring substituents is 1. The molecular weight excluding hydrogens is 420 g/mol. The van der Waals surface area contributed by atoms with Crippen LogP contribution in [0.25, 0.3) is 0 Å². The molecule has 0 saturated heterocycles. The molecule has 2 heterocycles. The molecule has 0 atom stereocenters. The monoisotopic (exact) mass is 440 g/mol. The molecule has 4 rings (SSSR count). The molecule has 1 aliphatic heterocycles. The largest absolute Gasteiger partial charge is 0.494 e. The molecule has 3 aromatic rings. The zero-order chi connectivity index (χ0) is 21.8. The van der Waals surface area contributed by atoms with Gasteiger partial charge in [0.1, 0.15) is 5.75 Å². The Hall–Kier alpha value is -3.60. The van der Waals surface area contributed by atoms with Gasteiger partial charge in [-0.25, -0.2) is 0 Å². The maximum atomic E-state index is 12.3. The number of ether oxygens (including phenoxy) is 1. The predicted octanol–water partition coefficient (Wildman–Crippen LogP) is 3.47. The Morgan fingerprint density at radius 3 is 2.58 bits per heavy atom. The number of nitro groups is 1. The van der Waals surface area contributed by atoms with Gasteiger partial charge in [-0.15, -0.1) is 10.2 Å². The molecule has 10 nitrogen and oxygen atoms in total. The molecule has 0 unspecified atom stereocenters. The van der Waals surface area contributed by atoms with E-state index >= 15 is 0 Å². The number of hydrogen-bond acceptors (Lipinski definition) is 8. The number of aromatic nitrogens is 3. The van der Waals surface area contributed by atoms with Crippen LogP contribution >= 0.6 is 11.8 Å². The number of rotatable bonds is 8. The van der Waals surface area contributed by atoms with Crippen LogP contribution in [0.3, 0.4) is 0 Å². The molecule has 2 aromatic carbocycles. The third-order valence-electron chi connectivity index (χ3n) is 4.64. The van der Waals surface area contributed by atoms with Gasteiger partial charge in [0, 0.05) is 36.6 Å². The van der Waals surface area contributed by atoms with E-state index in [1.807, 2.05) is 35.8 Å². The van der Waals surface area contributed by atoms with Gasteiger partial charge in [-0.2, -0.15) is 0 Å². The lowest BCUT2D eigenvalue weighted by Crippen LogP contribution is -2.14. The highest BCUT2D eigenvalue weighted by molar-refractivity contribution is 7.99. The summed E-state index contributed by atoms with van der Waals surface area (Å²) in [5.74, 6) is 1.49. The van der Waals surface area contributed by atoms with E-state index in [0.29, 0.717) is 17.5 Å². The number of anilines is 3. The molecule has 0 bridgehead atoms. The zero-order valence-corrected chi connectivity index (χ0v) is 17.5. The average Bonchev–Trinajstić information content (AvgIpc) is 3.36. The second kappa shape index (κ2) is 9.04. The van der Waals surface area contributed by atoms with E-state index in [-0.39, 0.29) is 17.3 Å².